The number of para-hydroxylation sites is 1. The van der Waals surface area contributed by atoms with Crippen molar-refractivity contribution in [3.63, 3.8) is 0 Å². The number of hydrogen-bond acceptors (Lipinski definition) is 3. The monoisotopic (exact) mass is 471 g/mol. The molecule has 1 unspecified atom stereocenters. The fraction of sp³-hybridized carbons (Fsp3) is 0.474. The van der Waals surface area contributed by atoms with Crippen molar-refractivity contribution in [3.05, 3.63) is 47.8 Å². The Balaban J connectivity index is 0.00000338. The molecule has 2 aromatic rings. The molecule has 7 heteroatoms. The molecule has 0 aliphatic carbocycles. The standard InChI is InChI=1S/C19H29N5O.HI/c1-15-12-23-24(14-15)11-7-10-21-19(20-4)22-13-17(3)25-18-9-6-5-8-16(18)2;/h5-6,8-9,12,14,17H,7,10-11,13H2,1-4H3,(H2,20,21,22);1H. The van der Waals surface area contributed by atoms with Gasteiger partial charge in [-0.3, -0.25) is 9.67 Å². The fourth-order valence-corrected chi connectivity index (χ4v) is 2.45. The Bertz CT molecular complexity index is 686. The summed E-state index contributed by atoms with van der Waals surface area (Å²) in [5.74, 6) is 1.71. The van der Waals surface area contributed by atoms with Crippen LogP contribution >= 0.6 is 24.0 Å². The van der Waals surface area contributed by atoms with Crippen LogP contribution < -0.4 is 15.4 Å². The molecule has 2 N–H and O–H groups in total. The van der Waals surface area contributed by atoms with Crippen LogP contribution in [0.5, 0.6) is 5.75 Å². The number of guanidine groups is 1. The lowest BCUT2D eigenvalue weighted by atomic mass is 10.2. The minimum Gasteiger partial charge on any atom is -0.489 e. The normalized spacial score (nSPS) is 12.2. The quantitative estimate of drug-likeness (QED) is 0.269. The minimum absolute atomic E-state index is 0. The first kappa shape index (κ1) is 22.3. The molecular weight excluding hydrogens is 441 g/mol. The van der Waals surface area contributed by atoms with Gasteiger partial charge in [0.25, 0.3) is 0 Å². The molecule has 2 rings (SSSR count). The summed E-state index contributed by atoms with van der Waals surface area (Å²) in [7, 11) is 1.78. The van der Waals surface area contributed by atoms with Crippen LogP contribution in [0.2, 0.25) is 0 Å². The zero-order valence-electron chi connectivity index (χ0n) is 16.0. The Kier molecular flexibility index (Phi) is 10.1. The number of rotatable bonds is 8. The number of aromatic nitrogens is 2. The molecule has 0 fully saturated rings. The van der Waals surface area contributed by atoms with Crippen molar-refractivity contribution in [3.8, 4) is 5.75 Å². The van der Waals surface area contributed by atoms with Gasteiger partial charge in [-0.15, -0.1) is 24.0 Å². The maximum atomic E-state index is 5.97. The minimum atomic E-state index is 0. The van der Waals surface area contributed by atoms with Gasteiger partial charge in [-0.2, -0.15) is 5.10 Å². The van der Waals surface area contributed by atoms with Crippen molar-refractivity contribution in [2.75, 3.05) is 20.1 Å². The molecule has 1 heterocycles. The largest absolute Gasteiger partial charge is 0.489 e. The number of aliphatic imine (C=N–C) groups is 1. The molecule has 0 aliphatic rings. The summed E-state index contributed by atoms with van der Waals surface area (Å²) < 4.78 is 7.93. The third kappa shape index (κ3) is 7.63. The molecular formula is C19H30IN5O. The van der Waals surface area contributed by atoms with E-state index in [1.165, 1.54) is 5.56 Å². The van der Waals surface area contributed by atoms with E-state index in [0.29, 0.717) is 6.54 Å². The number of nitrogens with zero attached hydrogens (tertiary/aromatic N) is 3. The van der Waals surface area contributed by atoms with E-state index in [-0.39, 0.29) is 30.1 Å². The van der Waals surface area contributed by atoms with Gasteiger partial charge >= 0.3 is 0 Å². The first-order valence-electron chi connectivity index (χ1n) is 8.74. The van der Waals surface area contributed by atoms with E-state index in [0.717, 1.165) is 36.8 Å². The third-order valence-electron chi connectivity index (χ3n) is 3.82. The summed E-state index contributed by atoms with van der Waals surface area (Å²) in [6.45, 7) is 8.57. The van der Waals surface area contributed by atoms with Crippen LogP contribution in [-0.2, 0) is 6.54 Å². The Labute approximate surface area is 173 Å². The van der Waals surface area contributed by atoms with Crippen molar-refractivity contribution in [2.24, 2.45) is 4.99 Å². The number of nitrogens with one attached hydrogen (secondary N) is 2. The van der Waals surface area contributed by atoms with Gasteiger partial charge in [0.05, 0.1) is 12.7 Å². The second kappa shape index (κ2) is 11.8. The maximum Gasteiger partial charge on any atom is 0.191 e. The highest BCUT2D eigenvalue weighted by atomic mass is 127. The Hall–Kier alpha value is -1.77. The summed E-state index contributed by atoms with van der Waals surface area (Å²) in [5.41, 5.74) is 2.33. The van der Waals surface area contributed by atoms with Crippen molar-refractivity contribution in [1.29, 1.82) is 0 Å². The lowest BCUT2D eigenvalue weighted by Gasteiger charge is -2.18. The molecule has 1 atom stereocenters. The molecule has 0 bridgehead atoms. The van der Waals surface area contributed by atoms with Gasteiger partial charge in [0.15, 0.2) is 5.96 Å². The fourth-order valence-electron chi connectivity index (χ4n) is 2.45. The molecule has 6 nitrogen and oxygen atoms in total. The Morgan fingerprint density at radius 3 is 2.69 bits per heavy atom. The van der Waals surface area contributed by atoms with Gasteiger partial charge in [0.2, 0.25) is 0 Å². The predicted molar refractivity (Wildman–Crippen MR) is 118 cm³/mol. The molecule has 0 amide bonds. The van der Waals surface area contributed by atoms with Gasteiger partial charge in [-0.1, -0.05) is 18.2 Å². The highest BCUT2D eigenvalue weighted by Gasteiger charge is 2.07. The summed E-state index contributed by atoms with van der Waals surface area (Å²) in [6, 6.07) is 8.05. The molecule has 1 aromatic carbocycles. The zero-order chi connectivity index (χ0) is 18.1. The summed E-state index contributed by atoms with van der Waals surface area (Å²) in [4.78, 5) is 4.25. The van der Waals surface area contributed by atoms with Crippen LogP contribution in [0.4, 0.5) is 0 Å². The molecule has 1 aromatic heterocycles. The summed E-state index contributed by atoms with van der Waals surface area (Å²) in [6.07, 6.45) is 4.96. The number of benzene rings is 1. The number of halogens is 1. The van der Waals surface area contributed by atoms with E-state index < -0.39 is 0 Å². The molecule has 26 heavy (non-hydrogen) atoms. The van der Waals surface area contributed by atoms with Crippen molar-refractivity contribution < 1.29 is 4.74 Å². The highest BCUT2D eigenvalue weighted by molar-refractivity contribution is 14.0. The molecule has 0 saturated carbocycles. The van der Waals surface area contributed by atoms with E-state index in [2.05, 4.69) is 39.9 Å². The van der Waals surface area contributed by atoms with Crippen LogP contribution in [-0.4, -0.2) is 42.0 Å². The lowest BCUT2D eigenvalue weighted by molar-refractivity contribution is 0.222. The molecule has 0 spiro atoms. The van der Waals surface area contributed by atoms with Gasteiger partial charge < -0.3 is 15.4 Å². The lowest BCUT2D eigenvalue weighted by Crippen LogP contribution is -2.42. The Morgan fingerprint density at radius 1 is 1.27 bits per heavy atom. The van der Waals surface area contributed by atoms with Crippen molar-refractivity contribution in [2.45, 2.75) is 39.8 Å². The number of aryl methyl sites for hydroxylation is 3. The predicted octanol–water partition coefficient (Wildman–Crippen LogP) is 3.14. The molecule has 0 saturated heterocycles. The smallest absolute Gasteiger partial charge is 0.191 e. The van der Waals surface area contributed by atoms with E-state index in [1.807, 2.05) is 42.9 Å². The van der Waals surface area contributed by atoms with E-state index >= 15 is 0 Å². The first-order valence-corrected chi connectivity index (χ1v) is 8.74. The number of hydrogen-bond donors (Lipinski definition) is 2. The topological polar surface area (TPSA) is 63.5 Å². The molecule has 144 valence electrons. The highest BCUT2D eigenvalue weighted by Crippen LogP contribution is 2.17. The second-order valence-electron chi connectivity index (χ2n) is 6.21. The summed E-state index contributed by atoms with van der Waals surface area (Å²) in [5, 5.41) is 10.9. The van der Waals surface area contributed by atoms with E-state index in [1.54, 1.807) is 7.05 Å². The average Bonchev–Trinajstić information content (AvgIpc) is 3.01. The zero-order valence-corrected chi connectivity index (χ0v) is 18.4. The molecule has 0 radical (unpaired) electrons. The Morgan fingerprint density at radius 2 is 2.04 bits per heavy atom. The van der Waals surface area contributed by atoms with Crippen LogP contribution in [0.15, 0.2) is 41.7 Å². The van der Waals surface area contributed by atoms with Gasteiger partial charge in [-0.05, 0) is 44.4 Å². The van der Waals surface area contributed by atoms with Crippen LogP contribution in [0, 0.1) is 13.8 Å². The van der Waals surface area contributed by atoms with Crippen LogP contribution in [0.25, 0.3) is 0 Å². The average molecular weight is 471 g/mol. The second-order valence-corrected chi connectivity index (χ2v) is 6.21. The maximum absolute atomic E-state index is 5.97. The van der Waals surface area contributed by atoms with Crippen LogP contribution in [0.3, 0.4) is 0 Å². The van der Waals surface area contributed by atoms with Gasteiger partial charge in [-0.25, -0.2) is 0 Å². The van der Waals surface area contributed by atoms with Crippen LogP contribution in [0.1, 0.15) is 24.5 Å². The van der Waals surface area contributed by atoms with E-state index in [4.69, 9.17) is 4.74 Å². The van der Waals surface area contributed by atoms with Gasteiger partial charge in [0, 0.05) is 26.3 Å². The van der Waals surface area contributed by atoms with E-state index in [9.17, 15) is 0 Å². The van der Waals surface area contributed by atoms with Crippen molar-refractivity contribution in [1.82, 2.24) is 20.4 Å². The molecule has 0 aliphatic heterocycles. The third-order valence-corrected chi connectivity index (χ3v) is 3.82. The summed E-state index contributed by atoms with van der Waals surface area (Å²) >= 11 is 0. The van der Waals surface area contributed by atoms with Crippen molar-refractivity contribution >= 4 is 29.9 Å². The first-order chi connectivity index (χ1) is 12.1. The van der Waals surface area contributed by atoms with Gasteiger partial charge in [0.1, 0.15) is 11.9 Å². The number of ether oxygens (including phenoxy) is 1. The SMILES string of the molecule is CN=C(NCCCn1cc(C)cn1)NCC(C)Oc1ccccc1C.I.